The molecule has 0 saturated carbocycles. The maximum Gasteiger partial charge on any atom is 0.0134 e. The quantitative estimate of drug-likeness (QED) is 0.292. The molecular weight excluding hydrogens is 625 g/mol. The first-order chi connectivity index (χ1) is 25.8. The Labute approximate surface area is 310 Å². The minimum absolute atomic E-state index is 0.391. The molecule has 0 spiro atoms. The summed E-state index contributed by atoms with van der Waals surface area (Å²) >= 11 is 0. The summed E-state index contributed by atoms with van der Waals surface area (Å²) in [5.41, 5.74) is 18.7. The van der Waals surface area contributed by atoms with E-state index in [1.165, 1.54) is 47.3 Å². The Hall–Kier alpha value is -4.68. The smallest absolute Gasteiger partial charge is 0.0134 e. The van der Waals surface area contributed by atoms with Gasteiger partial charge in [-0.2, -0.15) is 0 Å². The first-order valence-corrected chi connectivity index (χ1v) is 20.3. The van der Waals surface area contributed by atoms with Gasteiger partial charge >= 0.3 is 0 Å². The van der Waals surface area contributed by atoms with Crippen LogP contribution in [0.3, 0.4) is 0 Å². The van der Waals surface area contributed by atoms with Gasteiger partial charge in [0.25, 0.3) is 0 Å². The summed E-state index contributed by atoms with van der Waals surface area (Å²) in [5.74, 6) is 1.93. The summed E-state index contributed by atoms with van der Waals surface area (Å²) in [4.78, 5) is 0. The fourth-order valence-corrected chi connectivity index (χ4v) is 10.6. The van der Waals surface area contributed by atoms with Gasteiger partial charge in [0.05, 0.1) is 0 Å². The molecule has 52 heavy (non-hydrogen) atoms. The summed E-state index contributed by atoms with van der Waals surface area (Å²) < 4.78 is 0. The van der Waals surface area contributed by atoms with E-state index in [4.69, 9.17) is 0 Å². The van der Waals surface area contributed by atoms with Gasteiger partial charge in [0.1, 0.15) is 0 Å². The zero-order chi connectivity index (χ0) is 34.4. The Morgan fingerprint density at radius 2 is 1.12 bits per heavy atom. The highest BCUT2D eigenvalue weighted by atomic mass is 14.4. The number of rotatable bonds is 5. The van der Waals surface area contributed by atoms with Gasteiger partial charge < -0.3 is 0 Å². The van der Waals surface area contributed by atoms with Gasteiger partial charge in [0.15, 0.2) is 0 Å². The summed E-state index contributed by atoms with van der Waals surface area (Å²) in [7, 11) is 0. The molecule has 0 fully saturated rings. The lowest BCUT2D eigenvalue weighted by atomic mass is 9.67. The summed E-state index contributed by atoms with van der Waals surface area (Å²) in [6.45, 7) is 0. The molecule has 258 valence electrons. The Morgan fingerprint density at radius 1 is 0.462 bits per heavy atom. The second-order valence-electron chi connectivity index (χ2n) is 16.3. The van der Waals surface area contributed by atoms with Gasteiger partial charge in [0, 0.05) is 11.8 Å². The molecule has 0 heteroatoms. The number of allylic oxidation sites excluding steroid dienone is 28. The molecule has 9 aliphatic rings. The Morgan fingerprint density at radius 3 is 1.81 bits per heavy atom. The zero-order valence-corrected chi connectivity index (χ0v) is 30.5. The van der Waals surface area contributed by atoms with Crippen molar-refractivity contribution in [3.8, 4) is 0 Å². The maximum absolute atomic E-state index is 2.64. The summed E-state index contributed by atoms with van der Waals surface area (Å²) in [5, 5.41) is 2.95. The van der Waals surface area contributed by atoms with Crippen LogP contribution in [-0.2, 0) is 0 Å². The van der Waals surface area contributed by atoms with Crippen LogP contribution in [0.1, 0.15) is 77.0 Å². The van der Waals surface area contributed by atoms with Gasteiger partial charge in [-0.05, 0) is 166 Å². The van der Waals surface area contributed by atoms with Crippen LogP contribution in [0.2, 0.25) is 0 Å². The van der Waals surface area contributed by atoms with Crippen LogP contribution in [0.5, 0.6) is 0 Å². The fraction of sp³-hybridized carbons (Fsp3) is 0.308. The predicted molar refractivity (Wildman–Crippen MR) is 219 cm³/mol. The molecule has 0 amide bonds. The molecular formula is C52H50. The molecule has 0 aromatic heterocycles. The molecule has 0 heterocycles. The molecule has 1 aromatic carbocycles. The lowest BCUT2D eigenvalue weighted by Crippen LogP contribution is -2.41. The number of hydrogen-bond donors (Lipinski definition) is 0. The SMILES string of the molecule is C1=CCC(C2C=C(C3=CCCC=C3)C=C(C3=CC4=C(C=C(C5=c6ccccc6=C(C6=CC7=C(C=CCC7)CC6)C6C=CC=CC56)CC4)CC3)C2)C=C1. The molecule has 10 rings (SSSR count). The van der Waals surface area contributed by atoms with Crippen molar-refractivity contribution in [3.63, 3.8) is 0 Å². The average Bonchev–Trinajstić information content (AvgIpc) is 3.22. The molecule has 9 aliphatic carbocycles. The van der Waals surface area contributed by atoms with Crippen LogP contribution in [0.25, 0.3) is 11.1 Å². The summed E-state index contributed by atoms with van der Waals surface area (Å²) in [6, 6.07) is 9.40. The van der Waals surface area contributed by atoms with E-state index in [0.717, 1.165) is 51.4 Å². The van der Waals surface area contributed by atoms with E-state index in [9.17, 15) is 0 Å². The van der Waals surface area contributed by atoms with Crippen molar-refractivity contribution in [3.05, 3.63) is 200 Å². The molecule has 4 unspecified atom stereocenters. The van der Waals surface area contributed by atoms with Crippen molar-refractivity contribution >= 4 is 11.1 Å². The number of hydrogen-bond acceptors (Lipinski definition) is 0. The van der Waals surface area contributed by atoms with Gasteiger partial charge in [-0.1, -0.05) is 134 Å². The van der Waals surface area contributed by atoms with Gasteiger partial charge in [-0.3, -0.25) is 0 Å². The van der Waals surface area contributed by atoms with E-state index in [0.29, 0.717) is 23.7 Å². The third-order valence-electron chi connectivity index (χ3n) is 13.2. The molecule has 0 N–H and O–H groups in total. The maximum atomic E-state index is 2.64. The van der Waals surface area contributed by atoms with Crippen LogP contribution < -0.4 is 10.4 Å². The van der Waals surface area contributed by atoms with Crippen LogP contribution in [0.15, 0.2) is 189 Å². The fourth-order valence-electron chi connectivity index (χ4n) is 10.6. The normalized spacial score (nSPS) is 29.0. The summed E-state index contributed by atoms with van der Waals surface area (Å²) in [6.07, 6.45) is 57.7. The molecule has 1 aromatic rings. The van der Waals surface area contributed by atoms with Crippen molar-refractivity contribution < 1.29 is 0 Å². The minimum Gasteiger partial charge on any atom is -0.0839 e. The second-order valence-corrected chi connectivity index (χ2v) is 16.3. The van der Waals surface area contributed by atoms with Crippen molar-refractivity contribution in [2.75, 3.05) is 0 Å². The van der Waals surface area contributed by atoms with E-state index in [1.807, 2.05) is 0 Å². The second kappa shape index (κ2) is 13.7. The number of fused-ring (bicyclic) bond motifs is 2. The molecule has 0 nitrogen and oxygen atoms in total. The van der Waals surface area contributed by atoms with Gasteiger partial charge in [0.2, 0.25) is 0 Å². The monoisotopic (exact) mass is 674 g/mol. The molecule has 0 radical (unpaired) electrons. The highest BCUT2D eigenvalue weighted by Gasteiger charge is 2.35. The van der Waals surface area contributed by atoms with Crippen LogP contribution in [0.4, 0.5) is 0 Å². The van der Waals surface area contributed by atoms with Crippen LogP contribution >= 0.6 is 0 Å². The standard InChI is InChI=1S/C52H50/c1-3-13-35(14-4-1)44-32-45(36-15-5-2-6-16-36)34-46(33-44)41-25-24-40-31-43(28-26-39(40)29-41)52-49-21-11-9-19-47(49)51(48-20-10-12-22-50(48)52)42-27-23-37-17-7-8-18-38(37)30-42/h1,3-5,7,9-13,15-17,19-22,29-32,34-35,44,47,49H,2,6,8,14,18,23-28,33H2. The third-order valence-corrected chi connectivity index (χ3v) is 13.2. The Bertz CT molecular complexity index is 2290. The van der Waals surface area contributed by atoms with Crippen molar-refractivity contribution in [2.45, 2.75) is 77.0 Å². The highest BCUT2D eigenvalue weighted by Crippen LogP contribution is 2.47. The van der Waals surface area contributed by atoms with Crippen LogP contribution in [0, 0.1) is 23.7 Å². The first kappa shape index (κ1) is 32.0. The van der Waals surface area contributed by atoms with E-state index in [2.05, 4.69) is 134 Å². The van der Waals surface area contributed by atoms with Crippen LogP contribution in [-0.4, -0.2) is 0 Å². The highest BCUT2D eigenvalue weighted by molar-refractivity contribution is 5.82. The predicted octanol–water partition coefficient (Wildman–Crippen LogP) is 11.7. The number of benzene rings is 1. The Balaban J connectivity index is 1.03. The average molecular weight is 675 g/mol. The van der Waals surface area contributed by atoms with Gasteiger partial charge in [-0.15, -0.1) is 0 Å². The lowest BCUT2D eigenvalue weighted by Gasteiger charge is -2.37. The van der Waals surface area contributed by atoms with E-state index >= 15 is 0 Å². The van der Waals surface area contributed by atoms with Crippen molar-refractivity contribution in [1.29, 1.82) is 0 Å². The largest absolute Gasteiger partial charge is 0.0839 e. The van der Waals surface area contributed by atoms with E-state index in [1.54, 1.807) is 55.7 Å². The zero-order valence-electron chi connectivity index (χ0n) is 30.5. The third kappa shape index (κ3) is 5.85. The molecule has 0 saturated heterocycles. The lowest BCUT2D eigenvalue weighted by molar-refractivity contribution is 0.467. The van der Waals surface area contributed by atoms with Gasteiger partial charge in [-0.25, -0.2) is 0 Å². The Kier molecular flexibility index (Phi) is 8.44. The van der Waals surface area contributed by atoms with E-state index in [-0.39, 0.29) is 0 Å². The van der Waals surface area contributed by atoms with Crippen molar-refractivity contribution in [1.82, 2.24) is 0 Å². The topological polar surface area (TPSA) is 0 Å². The van der Waals surface area contributed by atoms with E-state index < -0.39 is 0 Å². The van der Waals surface area contributed by atoms with Crippen molar-refractivity contribution in [2.24, 2.45) is 23.7 Å². The molecule has 0 aliphatic heterocycles. The first-order valence-electron chi connectivity index (χ1n) is 20.3. The minimum atomic E-state index is 0.391. The molecule has 4 atom stereocenters. The molecule has 0 bridgehead atoms.